The zero-order valence-electron chi connectivity index (χ0n) is 14.8. The maximum atomic E-state index is 6.21. The molecule has 134 valence electrons. The minimum absolute atomic E-state index is 0.495. The second-order valence-electron chi connectivity index (χ2n) is 5.73. The van der Waals surface area contributed by atoms with E-state index in [1.807, 2.05) is 49.4 Å². The Kier molecular flexibility index (Phi) is 5.88. The van der Waals surface area contributed by atoms with Crippen LogP contribution in [0.15, 0.2) is 60.9 Å². The molecule has 26 heavy (non-hydrogen) atoms. The van der Waals surface area contributed by atoms with E-state index >= 15 is 0 Å². The lowest BCUT2D eigenvalue weighted by Gasteiger charge is -2.13. The minimum atomic E-state index is 0.495. The molecule has 6 nitrogen and oxygen atoms in total. The summed E-state index contributed by atoms with van der Waals surface area (Å²) < 4.78 is 5.45. The van der Waals surface area contributed by atoms with Gasteiger partial charge in [-0.2, -0.15) is 0 Å². The molecule has 0 radical (unpaired) electrons. The van der Waals surface area contributed by atoms with Crippen LogP contribution in [0.4, 0.5) is 23.0 Å². The Morgan fingerprint density at radius 2 is 1.69 bits per heavy atom. The number of nitrogens with one attached hydrogen (secondary N) is 2. The third-order valence-electron chi connectivity index (χ3n) is 3.86. The van der Waals surface area contributed by atoms with Crippen molar-refractivity contribution in [2.45, 2.75) is 13.3 Å². The van der Waals surface area contributed by atoms with Gasteiger partial charge in [0.05, 0.1) is 6.61 Å². The lowest BCUT2D eigenvalue weighted by molar-refractivity contribution is 0.340. The Balaban J connectivity index is 1.63. The number of rotatable bonds is 8. The zero-order valence-corrected chi connectivity index (χ0v) is 14.8. The minimum Gasteiger partial charge on any atom is -0.494 e. The molecule has 2 aromatic carbocycles. The highest BCUT2D eigenvalue weighted by Crippen LogP contribution is 2.26. The Morgan fingerprint density at radius 1 is 0.962 bits per heavy atom. The first-order valence-corrected chi connectivity index (χ1v) is 8.64. The van der Waals surface area contributed by atoms with Gasteiger partial charge in [-0.05, 0) is 43.2 Å². The number of aromatic nitrogens is 2. The molecule has 1 aromatic heterocycles. The molecule has 1 heterocycles. The van der Waals surface area contributed by atoms with Crippen molar-refractivity contribution in [2.75, 3.05) is 29.5 Å². The van der Waals surface area contributed by atoms with Crippen LogP contribution in [0.2, 0.25) is 0 Å². The third kappa shape index (κ3) is 4.63. The van der Waals surface area contributed by atoms with Crippen molar-refractivity contribution in [2.24, 2.45) is 0 Å². The summed E-state index contributed by atoms with van der Waals surface area (Å²) in [6.45, 7) is 3.34. The topological polar surface area (TPSA) is 85.1 Å². The number of hydrogen-bond donors (Lipinski definition) is 3. The van der Waals surface area contributed by atoms with Crippen LogP contribution in [0.3, 0.4) is 0 Å². The molecule has 0 aliphatic rings. The molecular formula is C20H23N5O. The maximum absolute atomic E-state index is 6.21. The molecule has 0 spiro atoms. The Morgan fingerprint density at radius 3 is 2.42 bits per heavy atom. The monoisotopic (exact) mass is 349 g/mol. The molecule has 0 saturated heterocycles. The molecule has 0 aliphatic carbocycles. The normalized spacial score (nSPS) is 10.3. The Labute approximate surface area is 153 Å². The zero-order chi connectivity index (χ0) is 18.2. The fourth-order valence-electron chi connectivity index (χ4n) is 2.54. The van der Waals surface area contributed by atoms with E-state index in [1.54, 1.807) is 0 Å². The van der Waals surface area contributed by atoms with E-state index < -0.39 is 0 Å². The van der Waals surface area contributed by atoms with Gasteiger partial charge < -0.3 is 21.1 Å². The first-order valence-electron chi connectivity index (χ1n) is 8.64. The van der Waals surface area contributed by atoms with Gasteiger partial charge in [0, 0.05) is 12.2 Å². The number of nitrogen functional groups attached to an aromatic ring is 1. The summed E-state index contributed by atoms with van der Waals surface area (Å²) in [7, 11) is 0. The molecule has 3 aromatic rings. The molecule has 3 rings (SSSR count). The second kappa shape index (κ2) is 8.71. The molecule has 0 saturated carbocycles. The van der Waals surface area contributed by atoms with Crippen molar-refractivity contribution in [3.63, 3.8) is 0 Å². The Hall–Kier alpha value is -3.28. The van der Waals surface area contributed by atoms with E-state index in [1.165, 1.54) is 11.9 Å². The van der Waals surface area contributed by atoms with Gasteiger partial charge >= 0.3 is 0 Å². The number of benzene rings is 2. The van der Waals surface area contributed by atoms with Gasteiger partial charge in [0.25, 0.3) is 0 Å². The van der Waals surface area contributed by atoms with Gasteiger partial charge in [0.2, 0.25) is 0 Å². The van der Waals surface area contributed by atoms with Gasteiger partial charge in [-0.3, -0.25) is 0 Å². The molecule has 0 aliphatic heterocycles. The summed E-state index contributed by atoms with van der Waals surface area (Å²) in [4.78, 5) is 8.48. The quantitative estimate of drug-likeness (QED) is 0.573. The average molecular weight is 349 g/mol. The summed E-state index contributed by atoms with van der Waals surface area (Å²) in [5.41, 5.74) is 8.86. The molecule has 0 amide bonds. The number of anilines is 4. The molecule has 4 N–H and O–H groups in total. The van der Waals surface area contributed by atoms with Crippen LogP contribution in [-0.2, 0) is 6.42 Å². The molecule has 0 bridgehead atoms. The van der Waals surface area contributed by atoms with Crippen LogP contribution in [0.5, 0.6) is 5.75 Å². The van der Waals surface area contributed by atoms with Crippen molar-refractivity contribution in [1.82, 2.24) is 9.97 Å². The van der Waals surface area contributed by atoms with Crippen molar-refractivity contribution < 1.29 is 4.74 Å². The summed E-state index contributed by atoms with van der Waals surface area (Å²) in [5.74, 6) is 2.03. The predicted octanol–water partition coefficient (Wildman–Crippen LogP) is 3.86. The van der Waals surface area contributed by atoms with E-state index in [0.29, 0.717) is 23.9 Å². The van der Waals surface area contributed by atoms with Crippen LogP contribution in [0.1, 0.15) is 12.5 Å². The summed E-state index contributed by atoms with van der Waals surface area (Å²) >= 11 is 0. The largest absolute Gasteiger partial charge is 0.494 e. The fraction of sp³-hybridized carbons (Fsp3) is 0.200. The fourth-order valence-corrected chi connectivity index (χ4v) is 2.54. The molecule has 0 fully saturated rings. The van der Waals surface area contributed by atoms with E-state index in [4.69, 9.17) is 10.5 Å². The SMILES string of the molecule is CCOc1ccc(Nc2ncnc(NCCc3ccccc3)c2N)cc1. The number of nitrogens with two attached hydrogens (primary N) is 1. The van der Waals surface area contributed by atoms with Gasteiger partial charge in [-0.25, -0.2) is 9.97 Å². The van der Waals surface area contributed by atoms with Crippen LogP contribution in [0.25, 0.3) is 0 Å². The van der Waals surface area contributed by atoms with Crippen molar-refractivity contribution in [3.8, 4) is 5.75 Å². The van der Waals surface area contributed by atoms with Gasteiger partial charge in [0.15, 0.2) is 11.6 Å². The standard InChI is InChI=1S/C20H23N5O/c1-2-26-17-10-8-16(9-11-17)25-20-18(21)19(23-14-24-20)22-13-12-15-6-4-3-5-7-15/h3-11,14H,2,12-13,21H2,1H3,(H2,22,23,24,25). The number of hydrogen-bond acceptors (Lipinski definition) is 6. The van der Waals surface area contributed by atoms with Crippen LogP contribution in [0, 0.1) is 0 Å². The van der Waals surface area contributed by atoms with Crippen LogP contribution >= 0.6 is 0 Å². The van der Waals surface area contributed by atoms with E-state index in [2.05, 4.69) is 32.7 Å². The lowest BCUT2D eigenvalue weighted by atomic mass is 10.1. The number of ether oxygens (including phenoxy) is 1. The average Bonchev–Trinajstić information content (AvgIpc) is 2.67. The predicted molar refractivity (Wildman–Crippen MR) is 106 cm³/mol. The van der Waals surface area contributed by atoms with Crippen molar-refractivity contribution >= 4 is 23.0 Å². The highest BCUT2D eigenvalue weighted by Gasteiger charge is 2.08. The summed E-state index contributed by atoms with van der Waals surface area (Å²) in [6.07, 6.45) is 2.39. The summed E-state index contributed by atoms with van der Waals surface area (Å²) in [6, 6.07) is 17.9. The lowest BCUT2D eigenvalue weighted by Crippen LogP contribution is -2.10. The van der Waals surface area contributed by atoms with E-state index in [0.717, 1.165) is 24.4 Å². The number of nitrogens with zero attached hydrogens (tertiary/aromatic N) is 2. The molecule has 6 heteroatoms. The smallest absolute Gasteiger partial charge is 0.159 e. The summed E-state index contributed by atoms with van der Waals surface area (Å²) in [5, 5.41) is 6.50. The molecule has 0 unspecified atom stereocenters. The van der Waals surface area contributed by atoms with Crippen molar-refractivity contribution in [3.05, 3.63) is 66.5 Å². The first-order chi connectivity index (χ1) is 12.8. The Bertz CT molecular complexity index is 821. The van der Waals surface area contributed by atoms with Gasteiger partial charge in [-0.15, -0.1) is 0 Å². The first kappa shape index (κ1) is 17.5. The van der Waals surface area contributed by atoms with Gasteiger partial charge in [0.1, 0.15) is 17.8 Å². The second-order valence-corrected chi connectivity index (χ2v) is 5.73. The highest BCUT2D eigenvalue weighted by molar-refractivity contribution is 5.77. The van der Waals surface area contributed by atoms with Gasteiger partial charge in [-0.1, -0.05) is 30.3 Å². The van der Waals surface area contributed by atoms with Crippen LogP contribution in [-0.4, -0.2) is 23.1 Å². The molecule has 0 atom stereocenters. The van der Waals surface area contributed by atoms with Crippen LogP contribution < -0.4 is 21.1 Å². The van der Waals surface area contributed by atoms with Crippen molar-refractivity contribution in [1.29, 1.82) is 0 Å². The maximum Gasteiger partial charge on any atom is 0.159 e. The molecular weight excluding hydrogens is 326 g/mol. The van der Waals surface area contributed by atoms with E-state index in [-0.39, 0.29) is 0 Å². The highest BCUT2D eigenvalue weighted by atomic mass is 16.5. The van der Waals surface area contributed by atoms with E-state index in [9.17, 15) is 0 Å². The third-order valence-corrected chi connectivity index (χ3v) is 3.86.